The van der Waals surface area contributed by atoms with Gasteiger partial charge in [-0.3, -0.25) is 0 Å². The molecule has 0 saturated carbocycles. The van der Waals surface area contributed by atoms with Gasteiger partial charge in [-0.05, 0) is 35.9 Å². The van der Waals surface area contributed by atoms with E-state index >= 15 is 0 Å². The van der Waals surface area contributed by atoms with E-state index in [9.17, 15) is 4.79 Å². The van der Waals surface area contributed by atoms with Gasteiger partial charge in [-0.25, -0.2) is 4.79 Å². The molecule has 110 valence electrons. The van der Waals surface area contributed by atoms with E-state index in [0.29, 0.717) is 22.1 Å². The molecule has 0 heterocycles. The summed E-state index contributed by atoms with van der Waals surface area (Å²) in [5, 5.41) is 9.62. The van der Waals surface area contributed by atoms with Gasteiger partial charge in [0.25, 0.3) is 0 Å². The van der Waals surface area contributed by atoms with E-state index in [-0.39, 0.29) is 12.2 Å². The second-order valence-electron chi connectivity index (χ2n) is 4.20. The first kappa shape index (κ1) is 15.7. The second kappa shape index (κ2) is 6.83. The van der Waals surface area contributed by atoms with Gasteiger partial charge >= 0.3 is 5.97 Å². The minimum absolute atomic E-state index is 0.0977. The van der Waals surface area contributed by atoms with Crippen LogP contribution in [0.15, 0.2) is 40.9 Å². The number of carboxylic acids is 1. The van der Waals surface area contributed by atoms with Crippen LogP contribution in [0.1, 0.15) is 15.9 Å². The number of hydrogen-bond acceptors (Lipinski definition) is 3. The summed E-state index contributed by atoms with van der Waals surface area (Å²) in [5.41, 5.74) is 0.813. The molecule has 0 aliphatic heterocycles. The molecule has 0 unspecified atom stereocenters. The molecule has 21 heavy (non-hydrogen) atoms. The molecule has 0 saturated heterocycles. The number of hydrogen-bond donors (Lipinski definition) is 1. The summed E-state index contributed by atoms with van der Waals surface area (Å²) in [6.45, 7) is 0.214. The van der Waals surface area contributed by atoms with E-state index in [1.54, 1.807) is 24.3 Å². The van der Waals surface area contributed by atoms with Gasteiger partial charge in [0.1, 0.15) is 23.7 Å². The number of ether oxygens (including phenoxy) is 2. The first-order chi connectivity index (χ1) is 10.0. The Morgan fingerprint density at radius 2 is 1.95 bits per heavy atom. The Morgan fingerprint density at radius 3 is 2.57 bits per heavy atom. The number of carboxylic acid groups (broad SMARTS) is 1. The Hall–Kier alpha value is -1.72. The van der Waals surface area contributed by atoms with Gasteiger partial charge in [-0.1, -0.05) is 33.6 Å². The van der Waals surface area contributed by atoms with Crippen LogP contribution in [0.3, 0.4) is 0 Å². The smallest absolute Gasteiger partial charge is 0.339 e. The molecule has 4 nitrogen and oxygen atoms in total. The van der Waals surface area contributed by atoms with Gasteiger partial charge in [0.05, 0.1) is 12.1 Å². The van der Waals surface area contributed by atoms with Crippen molar-refractivity contribution < 1.29 is 19.4 Å². The minimum Gasteiger partial charge on any atom is -0.496 e. The molecular weight excluding hydrogens is 360 g/mol. The molecule has 2 aromatic carbocycles. The third kappa shape index (κ3) is 3.89. The van der Waals surface area contributed by atoms with E-state index in [0.717, 1.165) is 4.47 Å². The van der Waals surface area contributed by atoms with Crippen molar-refractivity contribution in [2.24, 2.45) is 0 Å². The molecule has 0 fully saturated rings. The van der Waals surface area contributed by atoms with Gasteiger partial charge in [-0.2, -0.15) is 0 Å². The lowest BCUT2D eigenvalue weighted by atomic mass is 10.1. The third-order valence-electron chi connectivity index (χ3n) is 2.78. The Balaban J connectivity index is 2.16. The fraction of sp³-hybridized carbons (Fsp3) is 0.133. The molecule has 2 rings (SSSR count). The Morgan fingerprint density at radius 1 is 1.24 bits per heavy atom. The lowest BCUT2D eigenvalue weighted by molar-refractivity contribution is 0.0693. The molecule has 0 atom stereocenters. The van der Waals surface area contributed by atoms with Crippen molar-refractivity contribution in [3.05, 3.63) is 57.0 Å². The first-order valence-corrected chi connectivity index (χ1v) is 7.16. The lowest BCUT2D eigenvalue weighted by Gasteiger charge is -2.10. The summed E-state index contributed by atoms with van der Waals surface area (Å²) in [5.74, 6) is -0.198. The zero-order valence-corrected chi connectivity index (χ0v) is 13.4. The van der Waals surface area contributed by atoms with Crippen molar-refractivity contribution >= 4 is 33.5 Å². The predicted molar refractivity (Wildman–Crippen MR) is 83.4 cm³/mol. The van der Waals surface area contributed by atoms with E-state index in [2.05, 4.69) is 15.9 Å². The number of aromatic carboxylic acids is 1. The van der Waals surface area contributed by atoms with E-state index < -0.39 is 5.97 Å². The zero-order valence-electron chi connectivity index (χ0n) is 11.1. The topological polar surface area (TPSA) is 55.8 Å². The summed E-state index contributed by atoms with van der Waals surface area (Å²) in [4.78, 5) is 11.2. The molecule has 0 radical (unpaired) electrons. The maximum atomic E-state index is 11.2. The van der Waals surface area contributed by atoms with Gasteiger partial charge in [0.15, 0.2) is 0 Å². The zero-order chi connectivity index (χ0) is 15.4. The van der Waals surface area contributed by atoms with E-state index in [1.165, 1.54) is 13.2 Å². The number of benzene rings is 2. The maximum Gasteiger partial charge on any atom is 0.339 e. The van der Waals surface area contributed by atoms with Crippen molar-refractivity contribution in [3.63, 3.8) is 0 Å². The Bertz CT molecular complexity index is 673. The van der Waals surface area contributed by atoms with Crippen LogP contribution in [-0.4, -0.2) is 18.2 Å². The molecule has 0 aromatic heterocycles. The van der Waals surface area contributed by atoms with Crippen LogP contribution in [0.5, 0.6) is 11.5 Å². The van der Waals surface area contributed by atoms with Crippen molar-refractivity contribution in [2.45, 2.75) is 6.61 Å². The molecular formula is C15H12BrClO4. The highest BCUT2D eigenvalue weighted by Crippen LogP contribution is 2.29. The standard InChI is InChI=1S/C15H12BrClO4/c1-20-13-4-2-9(6-11(13)15(18)19)8-21-14-5-3-10(16)7-12(14)17/h2-7H,8H2,1H3,(H,18,19). The van der Waals surface area contributed by atoms with Crippen LogP contribution < -0.4 is 9.47 Å². The minimum atomic E-state index is -1.05. The average molecular weight is 372 g/mol. The number of halogens is 2. The van der Waals surface area contributed by atoms with Gasteiger partial charge in [0, 0.05) is 4.47 Å². The fourth-order valence-electron chi connectivity index (χ4n) is 1.77. The maximum absolute atomic E-state index is 11.2. The van der Waals surface area contributed by atoms with Crippen LogP contribution in [0.25, 0.3) is 0 Å². The quantitative estimate of drug-likeness (QED) is 0.847. The van der Waals surface area contributed by atoms with Gasteiger partial charge < -0.3 is 14.6 Å². The van der Waals surface area contributed by atoms with Crippen LogP contribution >= 0.6 is 27.5 Å². The third-order valence-corrected chi connectivity index (χ3v) is 3.57. The van der Waals surface area contributed by atoms with Crippen LogP contribution in [0.4, 0.5) is 0 Å². The van der Waals surface area contributed by atoms with Crippen molar-refractivity contribution in [3.8, 4) is 11.5 Å². The number of methoxy groups -OCH3 is 1. The average Bonchev–Trinajstić information content (AvgIpc) is 2.46. The summed E-state index contributed by atoms with van der Waals surface area (Å²) < 4.78 is 11.5. The molecule has 0 aliphatic carbocycles. The van der Waals surface area contributed by atoms with Crippen molar-refractivity contribution in [1.29, 1.82) is 0 Å². The van der Waals surface area contributed by atoms with Crippen molar-refractivity contribution in [1.82, 2.24) is 0 Å². The van der Waals surface area contributed by atoms with Crippen molar-refractivity contribution in [2.75, 3.05) is 7.11 Å². The normalized spacial score (nSPS) is 10.2. The molecule has 2 aromatic rings. The fourth-order valence-corrected chi connectivity index (χ4v) is 2.49. The summed E-state index contributed by atoms with van der Waals surface area (Å²) in [6.07, 6.45) is 0. The summed E-state index contributed by atoms with van der Waals surface area (Å²) >= 11 is 9.37. The second-order valence-corrected chi connectivity index (χ2v) is 5.53. The van der Waals surface area contributed by atoms with Gasteiger partial charge in [0.2, 0.25) is 0 Å². The number of rotatable bonds is 5. The monoisotopic (exact) mass is 370 g/mol. The van der Waals surface area contributed by atoms with Crippen LogP contribution in [0.2, 0.25) is 5.02 Å². The largest absolute Gasteiger partial charge is 0.496 e. The molecule has 1 N–H and O–H groups in total. The number of carbonyl (C=O) groups is 1. The Labute approximate surface area is 135 Å². The van der Waals surface area contributed by atoms with E-state index in [4.69, 9.17) is 26.2 Å². The first-order valence-electron chi connectivity index (χ1n) is 5.99. The SMILES string of the molecule is COc1ccc(COc2ccc(Br)cc2Cl)cc1C(=O)O. The Kier molecular flexibility index (Phi) is 5.09. The molecule has 0 spiro atoms. The highest BCUT2D eigenvalue weighted by atomic mass is 79.9. The molecule has 0 amide bonds. The predicted octanol–water partition coefficient (Wildman–Crippen LogP) is 4.39. The summed E-state index contributed by atoms with van der Waals surface area (Å²) in [6, 6.07) is 10.2. The lowest BCUT2D eigenvalue weighted by Crippen LogP contribution is -2.03. The van der Waals surface area contributed by atoms with E-state index in [1.807, 2.05) is 6.07 Å². The highest BCUT2D eigenvalue weighted by Gasteiger charge is 2.12. The highest BCUT2D eigenvalue weighted by molar-refractivity contribution is 9.10. The van der Waals surface area contributed by atoms with Gasteiger partial charge in [-0.15, -0.1) is 0 Å². The summed E-state index contributed by atoms with van der Waals surface area (Å²) in [7, 11) is 1.43. The molecule has 0 aliphatic rings. The molecule has 0 bridgehead atoms. The van der Waals surface area contributed by atoms with Crippen LogP contribution in [-0.2, 0) is 6.61 Å². The van der Waals surface area contributed by atoms with Crippen LogP contribution in [0, 0.1) is 0 Å². The molecule has 6 heteroatoms.